The van der Waals surface area contributed by atoms with Gasteiger partial charge in [-0.15, -0.1) is 0 Å². The number of fused-ring (bicyclic) bond motifs is 1. The molecule has 0 heterocycles. The molecule has 3 heteroatoms. The Morgan fingerprint density at radius 3 is 1.96 bits per heavy atom. The summed E-state index contributed by atoms with van der Waals surface area (Å²) in [7, 11) is 0. The molecule has 0 unspecified atom stereocenters. The van der Waals surface area contributed by atoms with Crippen LogP contribution >= 0.6 is 15.9 Å². The summed E-state index contributed by atoms with van der Waals surface area (Å²) >= 11 is 3.49. The number of halogens is 1. The third-order valence-electron chi connectivity index (χ3n) is 4.88. The second-order valence-corrected chi connectivity index (χ2v) is 8.12. The Balaban J connectivity index is 1.91. The van der Waals surface area contributed by atoms with E-state index in [-0.39, 0.29) is 0 Å². The molecule has 0 spiro atoms. The number of rotatable bonds is 14. The summed E-state index contributed by atoms with van der Waals surface area (Å²) in [6.45, 7) is 5.92. The van der Waals surface area contributed by atoms with Crippen LogP contribution in [0.2, 0.25) is 0 Å². The summed E-state index contributed by atoms with van der Waals surface area (Å²) in [6, 6.07) is 10.7. The van der Waals surface area contributed by atoms with Crippen LogP contribution in [-0.2, 0) is 0 Å². The van der Waals surface area contributed by atoms with E-state index in [9.17, 15) is 0 Å². The van der Waals surface area contributed by atoms with Crippen molar-refractivity contribution in [3.63, 3.8) is 0 Å². The van der Waals surface area contributed by atoms with E-state index in [0.29, 0.717) is 0 Å². The van der Waals surface area contributed by atoms with Gasteiger partial charge in [0.05, 0.1) is 13.2 Å². The molecule has 0 N–H and O–H groups in total. The maximum atomic E-state index is 6.14. The molecule has 0 aliphatic carbocycles. The second kappa shape index (κ2) is 13.0. The molecule has 0 aliphatic rings. The van der Waals surface area contributed by atoms with Crippen LogP contribution in [0, 0.1) is 6.92 Å². The van der Waals surface area contributed by atoms with Gasteiger partial charge in [-0.1, -0.05) is 79.1 Å². The van der Waals surface area contributed by atoms with Crippen molar-refractivity contribution in [1.29, 1.82) is 0 Å². The lowest BCUT2D eigenvalue weighted by Gasteiger charge is -2.14. The van der Waals surface area contributed by atoms with Gasteiger partial charge in [-0.05, 0) is 44.4 Å². The molecule has 2 aromatic rings. The monoisotopic (exact) mass is 434 g/mol. The third-order valence-corrected chi connectivity index (χ3v) is 5.44. The molecule has 27 heavy (non-hydrogen) atoms. The fourth-order valence-electron chi connectivity index (χ4n) is 3.28. The Labute approximate surface area is 173 Å². The lowest BCUT2D eigenvalue weighted by molar-refractivity contribution is 0.302. The van der Waals surface area contributed by atoms with Gasteiger partial charge in [-0.25, -0.2) is 0 Å². The predicted molar refractivity (Wildman–Crippen MR) is 121 cm³/mol. The average Bonchev–Trinajstić information content (AvgIpc) is 2.68. The van der Waals surface area contributed by atoms with E-state index in [4.69, 9.17) is 9.47 Å². The number of unbranched alkanes of at least 4 members (excludes halogenated alkanes) is 7. The minimum atomic E-state index is 0.784. The van der Waals surface area contributed by atoms with E-state index in [1.807, 2.05) is 0 Å². The quantitative estimate of drug-likeness (QED) is 0.222. The second-order valence-electron chi connectivity index (χ2n) is 7.33. The van der Waals surface area contributed by atoms with Crippen LogP contribution in [0.4, 0.5) is 0 Å². The lowest BCUT2D eigenvalue weighted by atomic mass is 10.1. The molecule has 2 rings (SSSR count). The molecular weight excluding hydrogens is 400 g/mol. The highest BCUT2D eigenvalue weighted by molar-refractivity contribution is 9.09. The third kappa shape index (κ3) is 7.73. The molecule has 150 valence electrons. The zero-order valence-corrected chi connectivity index (χ0v) is 18.7. The summed E-state index contributed by atoms with van der Waals surface area (Å²) in [5, 5.41) is 3.45. The lowest BCUT2D eigenvalue weighted by Crippen LogP contribution is -2.01. The van der Waals surface area contributed by atoms with E-state index < -0.39 is 0 Å². The normalized spacial score (nSPS) is 11.1. The molecule has 2 aromatic carbocycles. The zero-order valence-electron chi connectivity index (χ0n) is 17.1. The van der Waals surface area contributed by atoms with Crippen LogP contribution in [-0.4, -0.2) is 18.5 Å². The minimum absolute atomic E-state index is 0.784. The van der Waals surface area contributed by atoms with Gasteiger partial charge >= 0.3 is 0 Å². The molecule has 0 fully saturated rings. The fraction of sp³-hybridized carbons (Fsp3) is 0.583. The molecule has 0 aliphatic heterocycles. The first-order valence-corrected chi connectivity index (χ1v) is 11.7. The van der Waals surface area contributed by atoms with E-state index in [1.165, 1.54) is 55.9 Å². The largest absolute Gasteiger partial charge is 0.493 e. The van der Waals surface area contributed by atoms with Gasteiger partial charge in [0.1, 0.15) is 11.5 Å². The van der Waals surface area contributed by atoms with Crippen LogP contribution in [0.1, 0.15) is 70.3 Å². The smallest absolute Gasteiger partial charge is 0.127 e. The van der Waals surface area contributed by atoms with Crippen LogP contribution in [0.3, 0.4) is 0 Å². The summed E-state index contributed by atoms with van der Waals surface area (Å²) in [5.41, 5.74) is 1.25. The maximum absolute atomic E-state index is 6.14. The number of benzene rings is 2. The number of hydrogen-bond donors (Lipinski definition) is 0. The summed E-state index contributed by atoms with van der Waals surface area (Å²) in [6.07, 6.45) is 11.2. The summed E-state index contributed by atoms with van der Waals surface area (Å²) in [4.78, 5) is 0. The van der Waals surface area contributed by atoms with Crippen molar-refractivity contribution < 1.29 is 9.47 Å². The van der Waals surface area contributed by atoms with E-state index in [2.05, 4.69) is 60.1 Å². The summed E-state index contributed by atoms with van der Waals surface area (Å²) in [5.74, 6) is 1.95. The molecule has 2 nitrogen and oxygen atoms in total. The van der Waals surface area contributed by atoms with E-state index >= 15 is 0 Å². The highest BCUT2D eigenvalue weighted by Crippen LogP contribution is 2.34. The highest BCUT2D eigenvalue weighted by atomic mass is 79.9. The maximum Gasteiger partial charge on any atom is 0.127 e. The van der Waals surface area contributed by atoms with Crippen molar-refractivity contribution in [3.8, 4) is 11.5 Å². The molecule has 0 saturated carbocycles. The zero-order chi connectivity index (χ0) is 19.3. The van der Waals surface area contributed by atoms with Crippen molar-refractivity contribution in [2.24, 2.45) is 0 Å². The molecule has 0 atom stereocenters. The Hall–Kier alpha value is -1.22. The van der Waals surface area contributed by atoms with Gasteiger partial charge in [-0.3, -0.25) is 0 Å². The van der Waals surface area contributed by atoms with Gasteiger partial charge in [0.15, 0.2) is 0 Å². The van der Waals surface area contributed by atoms with Gasteiger partial charge in [-0.2, -0.15) is 0 Å². The van der Waals surface area contributed by atoms with Crippen molar-refractivity contribution >= 4 is 26.7 Å². The first-order valence-electron chi connectivity index (χ1n) is 10.6. The molecule has 0 amide bonds. The Bertz CT molecular complexity index is 669. The van der Waals surface area contributed by atoms with Gasteiger partial charge in [0.25, 0.3) is 0 Å². The first-order chi connectivity index (χ1) is 13.3. The molecule has 0 radical (unpaired) electrons. The van der Waals surface area contributed by atoms with Crippen molar-refractivity contribution in [3.05, 3.63) is 35.9 Å². The molecule has 0 aromatic heterocycles. The van der Waals surface area contributed by atoms with E-state index in [0.717, 1.165) is 48.3 Å². The average molecular weight is 435 g/mol. The van der Waals surface area contributed by atoms with Crippen LogP contribution in [0.25, 0.3) is 10.8 Å². The number of alkyl halides is 1. The highest BCUT2D eigenvalue weighted by Gasteiger charge is 2.09. The number of aryl methyl sites for hydroxylation is 1. The van der Waals surface area contributed by atoms with Gasteiger partial charge < -0.3 is 9.47 Å². The SMILES string of the molecule is CCCCCOc1ccc(OCCCCCCCCBr)c2cc(C)ccc12. The molecule has 0 saturated heterocycles. The Kier molecular flexibility index (Phi) is 10.7. The van der Waals surface area contributed by atoms with Crippen molar-refractivity contribution in [2.75, 3.05) is 18.5 Å². The van der Waals surface area contributed by atoms with Crippen molar-refractivity contribution in [2.45, 2.75) is 71.6 Å². The minimum Gasteiger partial charge on any atom is -0.493 e. The molecular formula is C24H35BrO2. The van der Waals surface area contributed by atoms with Crippen LogP contribution in [0.15, 0.2) is 30.3 Å². The van der Waals surface area contributed by atoms with Crippen LogP contribution in [0.5, 0.6) is 11.5 Å². The number of ether oxygens (including phenoxy) is 2. The Morgan fingerprint density at radius 2 is 1.30 bits per heavy atom. The predicted octanol–water partition coefficient (Wildman–Crippen LogP) is 7.83. The van der Waals surface area contributed by atoms with Gasteiger partial charge in [0, 0.05) is 16.1 Å². The van der Waals surface area contributed by atoms with Crippen LogP contribution < -0.4 is 9.47 Å². The van der Waals surface area contributed by atoms with E-state index in [1.54, 1.807) is 0 Å². The van der Waals surface area contributed by atoms with Gasteiger partial charge in [0.2, 0.25) is 0 Å². The standard InChI is InChI=1S/C24H35BrO2/c1-3-4-10-17-26-23-14-15-24(22-19-20(2)12-13-21(22)23)27-18-11-8-6-5-7-9-16-25/h12-15,19H,3-11,16-18H2,1-2H3. The fourth-order valence-corrected chi connectivity index (χ4v) is 3.68. The topological polar surface area (TPSA) is 18.5 Å². The number of hydrogen-bond acceptors (Lipinski definition) is 2. The summed E-state index contributed by atoms with van der Waals surface area (Å²) < 4.78 is 12.2. The first kappa shape index (κ1) is 22.1. The Morgan fingerprint density at radius 1 is 0.704 bits per heavy atom. The van der Waals surface area contributed by atoms with Crippen molar-refractivity contribution in [1.82, 2.24) is 0 Å². The molecule has 0 bridgehead atoms.